The van der Waals surface area contributed by atoms with Crippen LogP contribution < -0.4 is 4.74 Å². The highest BCUT2D eigenvalue weighted by Crippen LogP contribution is 2.36. The summed E-state index contributed by atoms with van der Waals surface area (Å²) in [5, 5.41) is 1.02. The van der Waals surface area contributed by atoms with Crippen LogP contribution in [0.2, 0.25) is 10.0 Å². The monoisotopic (exact) mass is 252 g/mol. The summed E-state index contributed by atoms with van der Waals surface area (Å²) in [5.41, 5.74) is 1.04. The van der Waals surface area contributed by atoms with Crippen molar-refractivity contribution in [1.82, 2.24) is 0 Å². The molecular formula is C13H10Cl2O. The average Bonchev–Trinajstić information content (AvgIpc) is 2.26. The van der Waals surface area contributed by atoms with Crippen molar-refractivity contribution in [1.29, 1.82) is 0 Å². The van der Waals surface area contributed by atoms with Gasteiger partial charge < -0.3 is 4.74 Å². The molecule has 2 aromatic rings. The number of para-hydroxylation sites is 2. The van der Waals surface area contributed by atoms with E-state index in [9.17, 15) is 0 Å². The molecule has 2 rings (SSSR count). The minimum absolute atomic E-state index is 0.500. The number of ether oxygens (including phenoxy) is 1. The Balaban J connectivity index is 2.38. The normalized spacial score (nSPS) is 10.2. The van der Waals surface area contributed by atoms with Crippen LogP contribution in [0.4, 0.5) is 0 Å². The van der Waals surface area contributed by atoms with Crippen molar-refractivity contribution in [3.63, 3.8) is 0 Å². The molecule has 2 aromatic carbocycles. The van der Waals surface area contributed by atoms with Crippen LogP contribution in [-0.2, 0) is 0 Å². The first-order valence-corrected chi connectivity index (χ1v) is 5.61. The first kappa shape index (κ1) is 11.3. The first-order valence-electron chi connectivity index (χ1n) is 4.86. The lowest BCUT2D eigenvalue weighted by Crippen LogP contribution is -1.88. The Bertz CT molecular complexity index is 489. The number of benzene rings is 2. The molecule has 0 bridgehead atoms. The van der Waals surface area contributed by atoms with Gasteiger partial charge >= 0.3 is 0 Å². The molecule has 0 saturated carbocycles. The fourth-order valence-electron chi connectivity index (χ4n) is 1.36. The number of rotatable bonds is 2. The lowest BCUT2D eigenvalue weighted by atomic mass is 10.2. The average molecular weight is 253 g/mol. The highest BCUT2D eigenvalue weighted by Gasteiger charge is 2.08. The summed E-state index contributed by atoms with van der Waals surface area (Å²) in [6.45, 7) is 1.97. The van der Waals surface area contributed by atoms with E-state index >= 15 is 0 Å². The smallest absolute Gasteiger partial charge is 0.164 e. The van der Waals surface area contributed by atoms with E-state index in [1.165, 1.54) is 0 Å². The maximum atomic E-state index is 6.02. The summed E-state index contributed by atoms with van der Waals surface area (Å²) >= 11 is 12.0. The Kier molecular flexibility index (Phi) is 3.37. The predicted molar refractivity (Wildman–Crippen MR) is 67.7 cm³/mol. The zero-order valence-corrected chi connectivity index (χ0v) is 10.2. The van der Waals surface area contributed by atoms with E-state index in [0.717, 1.165) is 11.3 Å². The van der Waals surface area contributed by atoms with Gasteiger partial charge in [0.1, 0.15) is 5.75 Å². The second-order valence-corrected chi connectivity index (χ2v) is 4.23. The molecule has 0 radical (unpaired) electrons. The van der Waals surface area contributed by atoms with Gasteiger partial charge in [-0.05, 0) is 30.7 Å². The van der Waals surface area contributed by atoms with Crippen LogP contribution >= 0.6 is 23.2 Å². The number of hydrogen-bond acceptors (Lipinski definition) is 1. The Labute approximate surface area is 105 Å². The molecule has 0 heterocycles. The molecule has 0 aliphatic carbocycles. The van der Waals surface area contributed by atoms with Crippen LogP contribution in [0.15, 0.2) is 42.5 Å². The van der Waals surface area contributed by atoms with Crippen LogP contribution in [-0.4, -0.2) is 0 Å². The molecular weight excluding hydrogens is 243 g/mol. The third kappa shape index (κ3) is 2.31. The summed E-state index contributed by atoms with van der Waals surface area (Å²) < 4.78 is 5.71. The zero-order chi connectivity index (χ0) is 11.5. The summed E-state index contributed by atoms with van der Waals surface area (Å²) in [5.74, 6) is 1.26. The van der Waals surface area contributed by atoms with E-state index in [0.29, 0.717) is 15.8 Å². The van der Waals surface area contributed by atoms with Gasteiger partial charge in [-0.3, -0.25) is 0 Å². The standard InChI is InChI=1S/C13H10Cl2O/c1-9-5-2-3-8-12(9)16-13-10(14)6-4-7-11(13)15/h2-8H,1H3. The molecule has 16 heavy (non-hydrogen) atoms. The lowest BCUT2D eigenvalue weighted by molar-refractivity contribution is 0.479. The maximum Gasteiger partial charge on any atom is 0.164 e. The molecule has 0 atom stereocenters. The Morgan fingerprint density at radius 1 is 0.875 bits per heavy atom. The van der Waals surface area contributed by atoms with Crippen molar-refractivity contribution in [2.45, 2.75) is 6.92 Å². The number of halogens is 2. The zero-order valence-electron chi connectivity index (χ0n) is 8.71. The molecule has 82 valence electrons. The molecule has 0 aromatic heterocycles. The molecule has 0 aliphatic heterocycles. The molecule has 0 saturated heterocycles. The van der Waals surface area contributed by atoms with E-state index in [1.807, 2.05) is 31.2 Å². The molecule has 0 aliphatic rings. The maximum absolute atomic E-state index is 6.02. The van der Waals surface area contributed by atoms with Crippen molar-refractivity contribution in [3.05, 3.63) is 58.1 Å². The van der Waals surface area contributed by atoms with Crippen molar-refractivity contribution in [2.24, 2.45) is 0 Å². The second kappa shape index (κ2) is 4.77. The first-order chi connectivity index (χ1) is 7.68. The van der Waals surface area contributed by atoms with Gasteiger partial charge in [0.2, 0.25) is 0 Å². The fourth-order valence-corrected chi connectivity index (χ4v) is 1.84. The van der Waals surface area contributed by atoms with Gasteiger partial charge in [0.05, 0.1) is 10.0 Å². The van der Waals surface area contributed by atoms with Crippen LogP contribution in [0.1, 0.15) is 5.56 Å². The van der Waals surface area contributed by atoms with Crippen molar-refractivity contribution in [2.75, 3.05) is 0 Å². The summed E-state index contributed by atoms with van der Waals surface area (Å²) in [4.78, 5) is 0. The van der Waals surface area contributed by atoms with Gasteiger partial charge in [0, 0.05) is 0 Å². The topological polar surface area (TPSA) is 9.23 Å². The fraction of sp³-hybridized carbons (Fsp3) is 0.0769. The van der Waals surface area contributed by atoms with Gasteiger partial charge in [0.25, 0.3) is 0 Å². The van der Waals surface area contributed by atoms with E-state index in [1.54, 1.807) is 18.2 Å². The van der Waals surface area contributed by atoms with Gasteiger partial charge in [-0.2, -0.15) is 0 Å². The van der Waals surface area contributed by atoms with Gasteiger partial charge in [-0.25, -0.2) is 0 Å². The Morgan fingerprint density at radius 3 is 2.12 bits per heavy atom. The summed E-state index contributed by atoms with van der Waals surface area (Å²) in [7, 11) is 0. The van der Waals surface area contributed by atoms with Crippen molar-refractivity contribution in [3.8, 4) is 11.5 Å². The second-order valence-electron chi connectivity index (χ2n) is 3.42. The molecule has 0 amide bonds. The highest BCUT2D eigenvalue weighted by atomic mass is 35.5. The third-order valence-corrected chi connectivity index (χ3v) is 2.82. The van der Waals surface area contributed by atoms with Crippen molar-refractivity contribution < 1.29 is 4.74 Å². The van der Waals surface area contributed by atoms with Gasteiger partial charge in [-0.1, -0.05) is 47.5 Å². The largest absolute Gasteiger partial charge is 0.454 e. The minimum Gasteiger partial charge on any atom is -0.454 e. The number of aryl methyl sites for hydroxylation is 1. The Morgan fingerprint density at radius 2 is 1.50 bits per heavy atom. The minimum atomic E-state index is 0.500. The molecule has 0 N–H and O–H groups in total. The highest BCUT2D eigenvalue weighted by molar-refractivity contribution is 6.37. The SMILES string of the molecule is Cc1ccccc1Oc1c(Cl)cccc1Cl. The van der Waals surface area contributed by atoms with E-state index in [4.69, 9.17) is 27.9 Å². The van der Waals surface area contributed by atoms with Crippen LogP contribution in [0.5, 0.6) is 11.5 Å². The molecule has 0 fully saturated rings. The van der Waals surface area contributed by atoms with Crippen LogP contribution in [0.3, 0.4) is 0 Å². The van der Waals surface area contributed by atoms with Crippen LogP contribution in [0, 0.1) is 6.92 Å². The van der Waals surface area contributed by atoms with Crippen molar-refractivity contribution >= 4 is 23.2 Å². The molecule has 3 heteroatoms. The molecule has 1 nitrogen and oxygen atoms in total. The van der Waals surface area contributed by atoms with E-state index < -0.39 is 0 Å². The lowest BCUT2D eigenvalue weighted by Gasteiger charge is -2.10. The predicted octanol–water partition coefficient (Wildman–Crippen LogP) is 5.09. The van der Waals surface area contributed by atoms with Gasteiger partial charge in [-0.15, -0.1) is 0 Å². The third-order valence-electron chi connectivity index (χ3n) is 2.22. The summed E-state index contributed by atoms with van der Waals surface area (Å²) in [6, 6.07) is 13.0. The molecule has 0 spiro atoms. The van der Waals surface area contributed by atoms with E-state index in [2.05, 4.69) is 0 Å². The number of hydrogen-bond donors (Lipinski definition) is 0. The van der Waals surface area contributed by atoms with Crippen LogP contribution in [0.25, 0.3) is 0 Å². The quantitative estimate of drug-likeness (QED) is 0.723. The van der Waals surface area contributed by atoms with Gasteiger partial charge in [0.15, 0.2) is 5.75 Å². The Hall–Kier alpha value is -1.18. The summed E-state index contributed by atoms with van der Waals surface area (Å²) in [6.07, 6.45) is 0. The molecule has 0 unspecified atom stereocenters. The van der Waals surface area contributed by atoms with E-state index in [-0.39, 0.29) is 0 Å².